The standard InChI is InChI=1S/C6H9N3O3S/c7-4(6(10)11)1-13-2-5-8-3-12-9-5/h3-4H,1-2,7H2,(H,10,11)/t4-/m0/s1. The molecule has 0 aliphatic rings. The number of carboxylic acids is 1. The van der Waals surface area contributed by atoms with E-state index in [4.69, 9.17) is 10.8 Å². The van der Waals surface area contributed by atoms with Gasteiger partial charge in [0.2, 0.25) is 6.39 Å². The van der Waals surface area contributed by atoms with E-state index < -0.39 is 12.0 Å². The topological polar surface area (TPSA) is 102 Å². The fourth-order valence-corrected chi connectivity index (χ4v) is 1.43. The van der Waals surface area contributed by atoms with E-state index in [2.05, 4.69) is 14.7 Å². The highest BCUT2D eigenvalue weighted by molar-refractivity contribution is 7.98. The minimum Gasteiger partial charge on any atom is -0.480 e. The third-order valence-electron chi connectivity index (χ3n) is 1.25. The van der Waals surface area contributed by atoms with Crippen molar-refractivity contribution in [3.63, 3.8) is 0 Å². The Bertz CT molecular complexity index is 264. The van der Waals surface area contributed by atoms with E-state index in [9.17, 15) is 4.79 Å². The van der Waals surface area contributed by atoms with E-state index in [-0.39, 0.29) is 0 Å². The van der Waals surface area contributed by atoms with Crippen molar-refractivity contribution < 1.29 is 14.4 Å². The molecule has 1 heterocycles. The molecule has 0 spiro atoms. The first-order valence-electron chi connectivity index (χ1n) is 3.51. The van der Waals surface area contributed by atoms with Crippen LogP contribution in [-0.2, 0) is 10.5 Å². The summed E-state index contributed by atoms with van der Waals surface area (Å²) in [7, 11) is 0. The summed E-state index contributed by atoms with van der Waals surface area (Å²) in [5, 5.41) is 12.0. The van der Waals surface area contributed by atoms with Crippen LogP contribution in [0.1, 0.15) is 5.82 Å². The highest BCUT2D eigenvalue weighted by Crippen LogP contribution is 2.08. The Morgan fingerprint density at radius 2 is 2.62 bits per heavy atom. The minimum absolute atomic E-state index is 0.337. The predicted octanol–water partition coefficient (Wildman–Crippen LogP) is -0.285. The number of nitrogens with zero attached hydrogens (tertiary/aromatic N) is 2. The van der Waals surface area contributed by atoms with Crippen LogP contribution in [0, 0.1) is 0 Å². The van der Waals surface area contributed by atoms with Crippen LogP contribution in [-0.4, -0.2) is 33.0 Å². The number of nitrogens with two attached hydrogens (primary N) is 1. The van der Waals surface area contributed by atoms with Crippen LogP contribution in [0.25, 0.3) is 0 Å². The predicted molar refractivity (Wildman–Crippen MR) is 46.1 cm³/mol. The average Bonchev–Trinajstić information content (AvgIpc) is 2.56. The van der Waals surface area contributed by atoms with Crippen molar-refractivity contribution in [1.82, 2.24) is 10.1 Å². The van der Waals surface area contributed by atoms with Crippen molar-refractivity contribution in [2.45, 2.75) is 11.8 Å². The molecule has 0 aromatic carbocycles. The van der Waals surface area contributed by atoms with Gasteiger partial charge in [0.05, 0.1) is 5.75 Å². The summed E-state index contributed by atoms with van der Waals surface area (Å²) in [6.45, 7) is 0. The van der Waals surface area contributed by atoms with Gasteiger partial charge in [0.25, 0.3) is 0 Å². The smallest absolute Gasteiger partial charge is 0.321 e. The number of rotatable bonds is 5. The lowest BCUT2D eigenvalue weighted by Crippen LogP contribution is -2.32. The fourth-order valence-electron chi connectivity index (χ4n) is 0.604. The summed E-state index contributed by atoms with van der Waals surface area (Å²) in [4.78, 5) is 14.1. The molecule has 0 aliphatic carbocycles. The van der Waals surface area contributed by atoms with Crippen molar-refractivity contribution in [2.75, 3.05) is 5.75 Å². The minimum atomic E-state index is -0.999. The zero-order chi connectivity index (χ0) is 9.68. The third kappa shape index (κ3) is 3.43. The van der Waals surface area contributed by atoms with Crippen molar-refractivity contribution in [1.29, 1.82) is 0 Å². The maximum absolute atomic E-state index is 10.3. The Morgan fingerprint density at radius 3 is 3.15 bits per heavy atom. The van der Waals surface area contributed by atoms with Crippen LogP contribution in [0.2, 0.25) is 0 Å². The number of hydrogen-bond donors (Lipinski definition) is 2. The van der Waals surface area contributed by atoms with Gasteiger partial charge in [-0.25, -0.2) is 0 Å². The molecule has 1 atom stereocenters. The molecule has 0 fully saturated rings. The Balaban J connectivity index is 2.18. The van der Waals surface area contributed by atoms with Crippen LogP contribution in [0.3, 0.4) is 0 Å². The molecule has 0 unspecified atom stereocenters. The molecule has 1 aromatic heterocycles. The number of thioether (sulfide) groups is 1. The SMILES string of the molecule is N[C@@H](CSCc1ncon1)C(=O)O. The zero-order valence-electron chi connectivity index (χ0n) is 6.71. The number of aromatic nitrogens is 2. The van der Waals surface area contributed by atoms with E-state index in [0.29, 0.717) is 17.3 Å². The number of carboxylic acid groups (broad SMARTS) is 1. The van der Waals surface area contributed by atoms with E-state index in [0.717, 1.165) is 0 Å². The maximum Gasteiger partial charge on any atom is 0.321 e. The third-order valence-corrected chi connectivity index (χ3v) is 2.31. The van der Waals surface area contributed by atoms with E-state index in [1.165, 1.54) is 18.2 Å². The molecule has 1 aromatic rings. The van der Waals surface area contributed by atoms with Gasteiger partial charge in [0.1, 0.15) is 6.04 Å². The first-order chi connectivity index (χ1) is 6.20. The molecule has 0 radical (unpaired) electrons. The van der Waals surface area contributed by atoms with Crippen molar-refractivity contribution in [2.24, 2.45) is 5.73 Å². The van der Waals surface area contributed by atoms with Gasteiger partial charge in [-0.3, -0.25) is 4.79 Å². The van der Waals surface area contributed by atoms with Gasteiger partial charge in [-0.05, 0) is 0 Å². The molecule has 0 amide bonds. The van der Waals surface area contributed by atoms with Crippen LogP contribution in [0.15, 0.2) is 10.9 Å². The molecule has 0 bridgehead atoms. The van der Waals surface area contributed by atoms with Gasteiger partial charge in [0.15, 0.2) is 5.82 Å². The molecule has 0 aliphatic heterocycles. The number of carbonyl (C=O) groups is 1. The second-order valence-electron chi connectivity index (χ2n) is 2.31. The quantitative estimate of drug-likeness (QED) is 0.678. The first-order valence-corrected chi connectivity index (χ1v) is 4.67. The van der Waals surface area contributed by atoms with Crippen molar-refractivity contribution in [3.8, 4) is 0 Å². The normalized spacial score (nSPS) is 12.7. The Morgan fingerprint density at radius 1 is 1.85 bits per heavy atom. The van der Waals surface area contributed by atoms with Gasteiger partial charge in [0, 0.05) is 5.75 Å². The molecule has 13 heavy (non-hydrogen) atoms. The fraction of sp³-hybridized carbons (Fsp3) is 0.500. The van der Waals surface area contributed by atoms with E-state index in [1.807, 2.05) is 0 Å². The largest absolute Gasteiger partial charge is 0.480 e. The molecule has 1 rings (SSSR count). The molecule has 72 valence electrons. The molecular formula is C6H9N3O3S. The summed E-state index contributed by atoms with van der Waals surface area (Å²) in [5.41, 5.74) is 5.27. The van der Waals surface area contributed by atoms with Crippen molar-refractivity contribution >= 4 is 17.7 Å². The monoisotopic (exact) mass is 203 g/mol. The lowest BCUT2D eigenvalue weighted by atomic mass is 10.4. The van der Waals surface area contributed by atoms with Crippen LogP contribution in [0.5, 0.6) is 0 Å². The summed E-state index contributed by atoms with van der Waals surface area (Å²) in [6.07, 6.45) is 1.23. The Labute approximate surface area is 78.5 Å². The van der Waals surface area contributed by atoms with Gasteiger partial charge in [-0.15, -0.1) is 0 Å². The van der Waals surface area contributed by atoms with Crippen molar-refractivity contribution in [3.05, 3.63) is 12.2 Å². The molecule has 6 nitrogen and oxygen atoms in total. The summed E-state index contributed by atoms with van der Waals surface area (Å²) in [5.74, 6) is 0.393. The second kappa shape index (κ2) is 4.83. The van der Waals surface area contributed by atoms with Crippen LogP contribution >= 0.6 is 11.8 Å². The molecule has 0 saturated carbocycles. The van der Waals surface area contributed by atoms with Gasteiger partial charge in [-0.1, -0.05) is 5.16 Å². The van der Waals surface area contributed by atoms with Crippen LogP contribution < -0.4 is 5.73 Å². The highest BCUT2D eigenvalue weighted by Gasteiger charge is 2.11. The summed E-state index contributed by atoms with van der Waals surface area (Å²) in [6, 6.07) is -0.836. The molecule has 3 N–H and O–H groups in total. The Kier molecular flexibility index (Phi) is 3.71. The maximum atomic E-state index is 10.3. The lowest BCUT2D eigenvalue weighted by Gasteiger charge is -2.03. The Hall–Kier alpha value is -1.08. The first kappa shape index (κ1) is 10.0. The van der Waals surface area contributed by atoms with E-state index >= 15 is 0 Å². The number of aliphatic carboxylic acids is 1. The zero-order valence-corrected chi connectivity index (χ0v) is 7.53. The van der Waals surface area contributed by atoms with E-state index in [1.54, 1.807) is 0 Å². The summed E-state index contributed by atoms with van der Waals surface area (Å²) >= 11 is 1.36. The highest BCUT2D eigenvalue weighted by atomic mass is 32.2. The molecule has 7 heteroatoms. The summed E-state index contributed by atoms with van der Waals surface area (Å²) < 4.78 is 4.50. The lowest BCUT2D eigenvalue weighted by molar-refractivity contribution is -0.137. The number of hydrogen-bond acceptors (Lipinski definition) is 6. The van der Waals surface area contributed by atoms with Gasteiger partial charge in [-0.2, -0.15) is 16.7 Å². The average molecular weight is 203 g/mol. The van der Waals surface area contributed by atoms with Crippen LogP contribution in [0.4, 0.5) is 0 Å². The second-order valence-corrected chi connectivity index (χ2v) is 3.34. The molecule has 0 saturated heterocycles. The molecular weight excluding hydrogens is 194 g/mol. The van der Waals surface area contributed by atoms with Gasteiger partial charge >= 0.3 is 5.97 Å². The van der Waals surface area contributed by atoms with Gasteiger partial charge < -0.3 is 15.4 Å².